The highest BCUT2D eigenvalue weighted by Gasteiger charge is 2.34. The van der Waals surface area contributed by atoms with Crippen LogP contribution in [0, 0.1) is 0 Å². The molecule has 0 saturated heterocycles. The lowest BCUT2D eigenvalue weighted by atomic mass is 9.91. The predicted molar refractivity (Wildman–Crippen MR) is 112 cm³/mol. The van der Waals surface area contributed by atoms with Crippen LogP contribution in [0.1, 0.15) is 35.9 Å². The predicted octanol–water partition coefficient (Wildman–Crippen LogP) is 2.78. The van der Waals surface area contributed by atoms with Gasteiger partial charge >= 0.3 is 5.76 Å². The Labute approximate surface area is 183 Å². The molecule has 2 heterocycles. The minimum atomic E-state index is -4.12. The molecule has 0 spiro atoms. The standard InChI is InChI=1S/C20H20ClN3O6S/c1-11(14-5-3-4-12-8-9-29-18(12)14)17(19-22-23-20(25)30-19)24-31(26,27)16-7-6-13(21)10-15(16)28-2/h3-7,10-11,17,24H,8-9H2,1-2H3,(H,23,25). The van der Waals surface area contributed by atoms with E-state index in [1.165, 1.54) is 25.3 Å². The molecular weight excluding hydrogens is 446 g/mol. The van der Waals surface area contributed by atoms with E-state index in [9.17, 15) is 13.2 Å². The van der Waals surface area contributed by atoms with Crippen molar-refractivity contribution in [3.05, 3.63) is 69.0 Å². The van der Waals surface area contributed by atoms with Crippen molar-refractivity contribution >= 4 is 21.6 Å². The highest BCUT2D eigenvalue weighted by atomic mass is 35.5. The molecule has 31 heavy (non-hydrogen) atoms. The second-order valence-electron chi connectivity index (χ2n) is 7.07. The third kappa shape index (κ3) is 4.18. The van der Waals surface area contributed by atoms with Gasteiger partial charge in [0.15, 0.2) is 0 Å². The maximum Gasteiger partial charge on any atom is 0.434 e. The average molecular weight is 466 g/mol. The highest BCUT2D eigenvalue weighted by Crippen LogP contribution is 2.40. The fraction of sp³-hybridized carbons (Fsp3) is 0.300. The van der Waals surface area contributed by atoms with E-state index in [0.29, 0.717) is 17.4 Å². The van der Waals surface area contributed by atoms with E-state index in [4.69, 9.17) is 25.5 Å². The van der Waals surface area contributed by atoms with Gasteiger partial charge in [0, 0.05) is 23.4 Å². The fourth-order valence-electron chi connectivity index (χ4n) is 3.61. The Morgan fingerprint density at radius 2 is 2.10 bits per heavy atom. The second-order valence-corrected chi connectivity index (χ2v) is 9.19. The van der Waals surface area contributed by atoms with Gasteiger partial charge in [-0.15, -0.1) is 5.10 Å². The van der Waals surface area contributed by atoms with Crippen molar-refractivity contribution in [3.8, 4) is 11.5 Å². The molecule has 2 atom stereocenters. The molecule has 9 nitrogen and oxygen atoms in total. The number of halogens is 1. The van der Waals surface area contributed by atoms with Gasteiger partial charge in [-0.1, -0.05) is 36.7 Å². The molecule has 4 rings (SSSR count). The number of rotatable bonds is 7. The first-order valence-electron chi connectivity index (χ1n) is 9.46. The van der Waals surface area contributed by atoms with Gasteiger partial charge in [-0.3, -0.25) is 0 Å². The Kier molecular flexibility index (Phi) is 5.78. The smallest absolute Gasteiger partial charge is 0.434 e. The van der Waals surface area contributed by atoms with Crippen LogP contribution in [0.2, 0.25) is 5.02 Å². The summed E-state index contributed by atoms with van der Waals surface area (Å²) >= 11 is 5.96. The first kappa shape index (κ1) is 21.4. The van der Waals surface area contributed by atoms with Crippen molar-refractivity contribution in [3.63, 3.8) is 0 Å². The lowest BCUT2D eigenvalue weighted by Gasteiger charge is -2.24. The Balaban J connectivity index is 1.77. The molecule has 1 aromatic heterocycles. The Morgan fingerprint density at radius 1 is 1.29 bits per heavy atom. The van der Waals surface area contributed by atoms with E-state index in [1.807, 2.05) is 18.2 Å². The quantitative estimate of drug-likeness (QED) is 0.549. The van der Waals surface area contributed by atoms with Gasteiger partial charge in [-0.2, -0.15) is 4.72 Å². The van der Waals surface area contributed by atoms with Crippen LogP contribution in [-0.2, 0) is 16.4 Å². The van der Waals surface area contributed by atoms with E-state index in [1.54, 1.807) is 6.92 Å². The third-order valence-corrected chi connectivity index (χ3v) is 6.87. The van der Waals surface area contributed by atoms with E-state index in [2.05, 4.69) is 14.9 Å². The van der Waals surface area contributed by atoms with Crippen molar-refractivity contribution in [2.24, 2.45) is 0 Å². The molecule has 164 valence electrons. The summed E-state index contributed by atoms with van der Waals surface area (Å²) in [6.45, 7) is 2.35. The lowest BCUT2D eigenvalue weighted by Crippen LogP contribution is -2.32. The number of benzene rings is 2. The molecule has 2 aromatic carbocycles. The Bertz CT molecular complexity index is 1270. The summed E-state index contributed by atoms with van der Waals surface area (Å²) in [5.74, 6) is -0.567. The van der Waals surface area contributed by atoms with Crippen LogP contribution in [0.4, 0.5) is 0 Å². The van der Waals surface area contributed by atoms with E-state index >= 15 is 0 Å². The van der Waals surface area contributed by atoms with Gasteiger partial charge in [-0.05, 0) is 23.3 Å². The molecule has 0 saturated carbocycles. The van der Waals surface area contributed by atoms with Crippen molar-refractivity contribution in [1.82, 2.24) is 14.9 Å². The molecule has 1 aliphatic rings. The second kappa shape index (κ2) is 8.37. The number of fused-ring (bicyclic) bond motifs is 1. The van der Waals surface area contributed by atoms with Crippen molar-refractivity contribution in [1.29, 1.82) is 0 Å². The summed E-state index contributed by atoms with van der Waals surface area (Å²) < 4.78 is 45.2. The first-order chi connectivity index (χ1) is 14.8. The fourth-order valence-corrected chi connectivity index (χ4v) is 5.20. The molecule has 11 heteroatoms. The van der Waals surface area contributed by atoms with Crippen molar-refractivity contribution in [2.75, 3.05) is 13.7 Å². The number of sulfonamides is 1. The summed E-state index contributed by atoms with van der Waals surface area (Å²) in [4.78, 5) is 11.5. The number of para-hydroxylation sites is 1. The van der Waals surface area contributed by atoms with Crippen LogP contribution < -0.4 is 20.0 Å². The molecule has 0 fully saturated rings. The molecule has 0 radical (unpaired) electrons. The van der Waals surface area contributed by atoms with Gasteiger partial charge in [-0.25, -0.2) is 18.3 Å². The minimum Gasteiger partial charge on any atom is -0.495 e. The number of aromatic amines is 1. The summed E-state index contributed by atoms with van der Waals surface area (Å²) in [6, 6.07) is 8.89. The van der Waals surface area contributed by atoms with E-state index in [0.717, 1.165) is 17.5 Å². The van der Waals surface area contributed by atoms with E-state index < -0.39 is 27.7 Å². The highest BCUT2D eigenvalue weighted by molar-refractivity contribution is 7.89. The summed E-state index contributed by atoms with van der Waals surface area (Å²) in [6.07, 6.45) is 0.770. The van der Waals surface area contributed by atoms with Gasteiger partial charge in [0.2, 0.25) is 15.9 Å². The molecule has 0 amide bonds. The van der Waals surface area contributed by atoms with Gasteiger partial charge in [0.25, 0.3) is 0 Å². The number of nitrogens with zero attached hydrogens (tertiary/aromatic N) is 1. The maximum atomic E-state index is 13.3. The van der Waals surface area contributed by atoms with E-state index in [-0.39, 0.29) is 16.5 Å². The molecule has 0 aliphatic carbocycles. The van der Waals surface area contributed by atoms with Crippen LogP contribution in [-0.4, -0.2) is 32.3 Å². The van der Waals surface area contributed by atoms with Crippen LogP contribution in [0.15, 0.2) is 50.5 Å². The number of H-pyrrole nitrogens is 1. The topological polar surface area (TPSA) is 124 Å². The molecular formula is C20H20ClN3O6S. The molecule has 2 N–H and O–H groups in total. The van der Waals surface area contributed by atoms with Gasteiger partial charge in [0.05, 0.1) is 13.7 Å². The van der Waals surface area contributed by atoms with Gasteiger partial charge < -0.3 is 13.9 Å². The number of hydrogen-bond acceptors (Lipinski definition) is 7. The summed E-state index contributed by atoms with van der Waals surface area (Å²) in [5, 5.41) is 6.38. The number of methoxy groups -OCH3 is 1. The number of nitrogens with one attached hydrogen (secondary N) is 2. The monoisotopic (exact) mass is 465 g/mol. The maximum absolute atomic E-state index is 13.3. The van der Waals surface area contributed by atoms with Crippen LogP contribution in [0.5, 0.6) is 11.5 Å². The third-order valence-electron chi connectivity index (χ3n) is 5.15. The Morgan fingerprint density at radius 3 is 2.81 bits per heavy atom. The zero-order chi connectivity index (χ0) is 22.2. The summed E-state index contributed by atoms with van der Waals surface area (Å²) in [7, 11) is -2.77. The first-order valence-corrected chi connectivity index (χ1v) is 11.3. The SMILES string of the molecule is COc1cc(Cl)ccc1S(=O)(=O)NC(c1n[nH]c(=O)o1)C(C)c1cccc2c1OCC2. The summed E-state index contributed by atoms with van der Waals surface area (Å²) in [5.41, 5.74) is 1.81. The molecule has 3 aromatic rings. The van der Waals surface area contributed by atoms with Crippen molar-refractivity contribution < 1.29 is 22.3 Å². The van der Waals surface area contributed by atoms with Crippen LogP contribution >= 0.6 is 11.6 Å². The number of hydrogen-bond donors (Lipinski definition) is 2. The Hall–Kier alpha value is -2.82. The molecule has 0 bridgehead atoms. The lowest BCUT2D eigenvalue weighted by molar-refractivity contribution is 0.341. The number of ether oxygens (including phenoxy) is 2. The average Bonchev–Trinajstić information content (AvgIpc) is 3.39. The number of aromatic nitrogens is 2. The largest absolute Gasteiger partial charge is 0.495 e. The van der Waals surface area contributed by atoms with Crippen LogP contribution in [0.3, 0.4) is 0 Å². The van der Waals surface area contributed by atoms with Crippen molar-refractivity contribution in [2.45, 2.75) is 30.2 Å². The normalized spacial score (nSPS) is 15.2. The molecule has 2 unspecified atom stereocenters. The zero-order valence-electron chi connectivity index (χ0n) is 16.7. The van der Waals surface area contributed by atoms with Crippen LogP contribution in [0.25, 0.3) is 0 Å². The zero-order valence-corrected chi connectivity index (χ0v) is 18.3. The molecule has 1 aliphatic heterocycles. The minimum absolute atomic E-state index is 0.0822. The van der Waals surface area contributed by atoms with Gasteiger partial charge in [0.1, 0.15) is 22.4 Å².